The maximum atomic E-state index is 10.3. The maximum absolute atomic E-state index is 10.3. The highest BCUT2D eigenvalue weighted by Gasteiger charge is 2.20. The zero-order valence-electron chi connectivity index (χ0n) is 12.2. The summed E-state index contributed by atoms with van der Waals surface area (Å²) in [6.07, 6.45) is 2.79. The van der Waals surface area contributed by atoms with Crippen molar-refractivity contribution in [1.82, 2.24) is 4.90 Å². The van der Waals surface area contributed by atoms with Crippen molar-refractivity contribution >= 4 is 17.0 Å². The predicted molar refractivity (Wildman–Crippen MR) is 86.4 cm³/mol. The molecule has 1 aliphatic heterocycles. The maximum Gasteiger partial charge on any atom is 0.175 e. The Morgan fingerprint density at radius 3 is 2.73 bits per heavy atom. The number of nitrogens with zero attached hydrogens (tertiary/aromatic N) is 2. The molecule has 3 rings (SSSR count). The smallest absolute Gasteiger partial charge is 0.175 e. The van der Waals surface area contributed by atoms with Crippen LogP contribution in [0.2, 0.25) is 0 Å². The number of phenols is 1. The van der Waals surface area contributed by atoms with Crippen LogP contribution >= 0.6 is 0 Å². The summed E-state index contributed by atoms with van der Waals surface area (Å²) >= 11 is 0. The van der Waals surface area contributed by atoms with E-state index in [0.29, 0.717) is 18.1 Å². The summed E-state index contributed by atoms with van der Waals surface area (Å²) in [7, 11) is 1.53. The van der Waals surface area contributed by atoms with Gasteiger partial charge < -0.3 is 20.5 Å². The fraction of sp³-hybridized carbons (Fsp3) is 0.188. The van der Waals surface area contributed by atoms with Gasteiger partial charge in [0, 0.05) is 18.1 Å². The molecule has 0 spiro atoms. The molecule has 0 bridgehead atoms. The number of benzene rings is 2. The van der Waals surface area contributed by atoms with Crippen LogP contribution in [0.1, 0.15) is 5.56 Å². The van der Waals surface area contributed by atoms with Crippen molar-refractivity contribution in [2.45, 2.75) is 12.8 Å². The van der Waals surface area contributed by atoms with Gasteiger partial charge in [-0.2, -0.15) is 0 Å². The lowest BCUT2D eigenvalue weighted by Crippen LogP contribution is -2.43. The van der Waals surface area contributed by atoms with Gasteiger partial charge in [-0.15, -0.1) is 0 Å². The molecule has 2 aromatic carbocycles. The van der Waals surface area contributed by atoms with Gasteiger partial charge in [0.1, 0.15) is 5.82 Å². The van der Waals surface area contributed by atoms with Crippen LogP contribution < -0.4 is 16.2 Å². The van der Waals surface area contributed by atoms with E-state index >= 15 is 0 Å². The lowest BCUT2D eigenvalue weighted by molar-refractivity contribution is 0.250. The Labute approximate surface area is 128 Å². The van der Waals surface area contributed by atoms with Crippen LogP contribution in [0.25, 0.3) is 10.8 Å². The topological polar surface area (TPSA) is 97.1 Å². The predicted octanol–water partition coefficient (Wildman–Crippen LogP) is 1.48. The standard InChI is InChI=1S/C16H18N4O2/c1-22-13-8-10(9-20-14(17)6-7-19-16(20)18)11-4-2-3-5-12(11)15(13)21/h2-8,16,21H,9,17-18H2,1H3. The van der Waals surface area contributed by atoms with Crippen LogP contribution in [-0.4, -0.2) is 29.6 Å². The van der Waals surface area contributed by atoms with Crippen molar-refractivity contribution in [2.24, 2.45) is 16.5 Å². The van der Waals surface area contributed by atoms with Gasteiger partial charge in [-0.25, -0.2) is 0 Å². The second-order valence-corrected chi connectivity index (χ2v) is 5.06. The number of hydrogen-bond acceptors (Lipinski definition) is 6. The van der Waals surface area contributed by atoms with Crippen molar-refractivity contribution in [3.05, 3.63) is 47.8 Å². The quantitative estimate of drug-likeness (QED) is 0.797. The SMILES string of the molecule is COc1cc(CN2C(N)=CC=NC2N)c2ccccc2c1O. The van der Waals surface area contributed by atoms with E-state index in [0.717, 1.165) is 16.3 Å². The van der Waals surface area contributed by atoms with Crippen LogP contribution in [0.15, 0.2) is 47.2 Å². The Balaban J connectivity index is 2.09. The summed E-state index contributed by atoms with van der Waals surface area (Å²) < 4.78 is 5.26. The number of hydrogen-bond donors (Lipinski definition) is 3. The van der Waals surface area contributed by atoms with E-state index < -0.39 is 6.29 Å². The number of ether oxygens (including phenoxy) is 1. The number of aliphatic imine (C=N–C) groups is 1. The molecule has 1 aliphatic rings. The molecule has 114 valence electrons. The van der Waals surface area contributed by atoms with Gasteiger partial charge in [0.05, 0.1) is 7.11 Å². The summed E-state index contributed by atoms with van der Waals surface area (Å²) in [5, 5.41) is 11.9. The number of phenolic OH excluding ortho intramolecular Hbond substituents is 1. The van der Waals surface area contributed by atoms with Gasteiger partial charge in [0.25, 0.3) is 0 Å². The minimum Gasteiger partial charge on any atom is -0.504 e. The molecule has 1 atom stereocenters. The molecular formula is C16H18N4O2. The van der Waals surface area contributed by atoms with Crippen molar-refractivity contribution in [3.8, 4) is 11.5 Å². The minimum absolute atomic E-state index is 0.131. The van der Waals surface area contributed by atoms with Gasteiger partial charge in [-0.1, -0.05) is 24.3 Å². The first-order valence-corrected chi connectivity index (χ1v) is 6.90. The summed E-state index contributed by atoms with van der Waals surface area (Å²) in [6, 6.07) is 9.39. The van der Waals surface area contributed by atoms with E-state index in [9.17, 15) is 5.11 Å². The molecule has 6 nitrogen and oxygen atoms in total. The van der Waals surface area contributed by atoms with Gasteiger partial charge in [0.15, 0.2) is 17.8 Å². The van der Waals surface area contributed by atoms with Crippen LogP contribution in [0, 0.1) is 0 Å². The number of rotatable bonds is 3. The van der Waals surface area contributed by atoms with Gasteiger partial charge in [-0.05, 0) is 23.1 Å². The molecule has 0 saturated carbocycles. The third-order valence-electron chi connectivity index (χ3n) is 3.76. The number of aromatic hydroxyl groups is 1. The summed E-state index contributed by atoms with van der Waals surface area (Å²) in [5.41, 5.74) is 12.9. The van der Waals surface area contributed by atoms with Crippen molar-refractivity contribution < 1.29 is 9.84 Å². The van der Waals surface area contributed by atoms with Crippen molar-refractivity contribution in [1.29, 1.82) is 0 Å². The average molecular weight is 298 g/mol. The second-order valence-electron chi connectivity index (χ2n) is 5.06. The number of allylic oxidation sites excluding steroid dienone is 1. The average Bonchev–Trinajstić information content (AvgIpc) is 2.53. The van der Waals surface area contributed by atoms with Crippen LogP contribution in [0.3, 0.4) is 0 Å². The molecule has 0 radical (unpaired) electrons. The lowest BCUT2D eigenvalue weighted by Gasteiger charge is -2.30. The normalized spacial score (nSPS) is 17.6. The Morgan fingerprint density at radius 2 is 2.05 bits per heavy atom. The molecule has 1 heterocycles. The molecule has 5 N–H and O–H groups in total. The number of methoxy groups -OCH3 is 1. The van der Waals surface area contributed by atoms with Crippen LogP contribution in [-0.2, 0) is 6.54 Å². The molecule has 6 heteroatoms. The molecular weight excluding hydrogens is 280 g/mol. The Morgan fingerprint density at radius 1 is 1.32 bits per heavy atom. The van der Waals surface area contributed by atoms with Gasteiger partial charge in [0.2, 0.25) is 0 Å². The molecule has 2 aromatic rings. The Hall–Kier alpha value is -2.73. The van der Waals surface area contributed by atoms with E-state index in [1.165, 1.54) is 7.11 Å². The van der Waals surface area contributed by atoms with Gasteiger partial charge >= 0.3 is 0 Å². The molecule has 0 fully saturated rings. The zero-order valence-corrected chi connectivity index (χ0v) is 12.2. The van der Waals surface area contributed by atoms with E-state index in [1.807, 2.05) is 24.3 Å². The third kappa shape index (κ3) is 2.33. The molecule has 22 heavy (non-hydrogen) atoms. The molecule has 0 aliphatic carbocycles. The van der Waals surface area contributed by atoms with Crippen LogP contribution in [0.4, 0.5) is 0 Å². The highest BCUT2D eigenvalue weighted by Crippen LogP contribution is 2.37. The number of fused-ring (bicyclic) bond motifs is 1. The fourth-order valence-corrected chi connectivity index (χ4v) is 2.60. The highest BCUT2D eigenvalue weighted by molar-refractivity contribution is 5.93. The zero-order chi connectivity index (χ0) is 15.7. The van der Waals surface area contributed by atoms with Gasteiger partial charge in [-0.3, -0.25) is 10.7 Å². The number of nitrogens with two attached hydrogens (primary N) is 2. The Bertz CT molecular complexity index is 770. The monoisotopic (exact) mass is 298 g/mol. The molecule has 0 aromatic heterocycles. The first kappa shape index (κ1) is 14.2. The molecule has 0 amide bonds. The third-order valence-corrected chi connectivity index (χ3v) is 3.76. The van der Waals surface area contributed by atoms with E-state index in [1.54, 1.807) is 23.3 Å². The van der Waals surface area contributed by atoms with E-state index in [4.69, 9.17) is 16.2 Å². The van der Waals surface area contributed by atoms with E-state index in [2.05, 4.69) is 4.99 Å². The fourth-order valence-electron chi connectivity index (χ4n) is 2.60. The largest absolute Gasteiger partial charge is 0.504 e. The molecule has 0 saturated heterocycles. The van der Waals surface area contributed by atoms with E-state index in [-0.39, 0.29) is 5.75 Å². The molecule has 1 unspecified atom stereocenters. The van der Waals surface area contributed by atoms with Crippen molar-refractivity contribution in [2.75, 3.05) is 7.11 Å². The minimum atomic E-state index is -0.524. The summed E-state index contributed by atoms with van der Waals surface area (Å²) in [5.74, 6) is 1.11. The first-order chi connectivity index (χ1) is 10.6. The highest BCUT2D eigenvalue weighted by atomic mass is 16.5. The summed E-state index contributed by atoms with van der Waals surface area (Å²) in [4.78, 5) is 5.93. The van der Waals surface area contributed by atoms with Crippen molar-refractivity contribution in [3.63, 3.8) is 0 Å². The first-order valence-electron chi connectivity index (χ1n) is 6.90. The second kappa shape index (κ2) is 5.57. The van der Waals surface area contributed by atoms with Crippen LogP contribution in [0.5, 0.6) is 11.5 Å². The lowest BCUT2D eigenvalue weighted by atomic mass is 10.0. The Kier molecular flexibility index (Phi) is 3.60. The summed E-state index contributed by atoms with van der Waals surface area (Å²) in [6.45, 7) is 0.470.